The minimum Gasteiger partial charge on any atom is -0.361 e. The second kappa shape index (κ2) is 6.09. The van der Waals surface area contributed by atoms with Crippen LogP contribution in [0.5, 0.6) is 0 Å². The van der Waals surface area contributed by atoms with Crippen LogP contribution in [0.25, 0.3) is 6.08 Å². The first-order valence-electron chi connectivity index (χ1n) is 8.21. The number of nitrogens with zero attached hydrogens (tertiary/aromatic N) is 1. The summed E-state index contributed by atoms with van der Waals surface area (Å²) in [5.41, 5.74) is 5.11. The van der Waals surface area contributed by atoms with Gasteiger partial charge in [0, 0.05) is 11.8 Å². The molecule has 0 radical (unpaired) electrons. The molecular formula is C20H19NO2. The Kier molecular flexibility index (Phi) is 3.80. The fraction of sp³-hybridized carbons (Fsp3) is 0.300. The normalized spacial score (nSPS) is 19.3. The molecule has 2 aliphatic rings. The van der Waals surface area contributed by atoms with Crippen molar-refractivity contribution in [2.75, 3.05) is 0 Å². The maximum Gasteiger partial charge on any atom is 0.197 e. The first-order valence-corrected chi connectivity index (χ1v) is 8.21. The second-order valence-electron chi connectivity index (χ2n) is 6.17. The van der Waals surface area contributed by atoms with Crippen LogP contribution >= 0.6 is 0 Å². The molecule has 1 atom stereocenters. The number of fused-ring (bicyclic) bond motifs is 3. The fourth-order valence-electron chi connectivity index (χ4n) is 3.42. The topological polar surface area (TPSA) is 39.2 Å². The van der Waals surface area contributed by atoms with E-state index in [1.807, 2.05) is 48.7 Å². The van der Waals surface area contributed by atoms with Crippen LogP contribution in [-0.4, -0.2) is 16.9 Å². The van der Waals surface area contributed by atoms with Gasteiger partial charge in [0.1, 0.15) is 6.10 Å². The van der Waals surface area contributed by atoms with Crippen molar-refractivity contribution < 1.29 is 9.53 Å². The third kappa shape index (κ3) is 2.73. The highest BCUT2D eigenvalue weighted by atomic mass is 16.5. The van der Waals surface area contributed by atoms with E-state index >= 15 is 0 Å². The minimum atomic E-state index is -0.502. The number of ether oxygens (including phenoxy) is 1. The van der Waals surface area contributed by atoms with Crippen molar-refractivity contribution >= 4 is 11.9 Å². The molecular weight excluding hydrogens is 286 g/mol. The van der Waals surface area contributed by atoms with Gasteiger partial charge in [0.25, 0.3) is 0 Å². The molecule has 0 bridgehead atoms. The first-order chi connectivity index (χ1) is 11.3. The number of pyridine rings is 1. The van der Waals surface area contributed by atoms with Crippen molar-refractivity contribution in [1.82, 2.24) is 4.98 Å². The lowest BCUT2D eigenvalue weighted by Crippen LogP contribution is -2.28. The van der Waals surface area contributed by atoms with Crippen molar-refractivity contribution in [3.63, 3.8) is 0 Å². The zero-order chi connectivity index (χ0) is 15.6. The van der Waals surface area contributed by atoms with Crippen LogP contribution in [0.2, 0.25) is 0 Å². The minimum absolute atomic E-state index is 0.0599. The number of Topliss-reactive ketones (excluding diaryl/α,β-unsaturated/α-hetero) is 1. The van der Waals surface area contributed by atoms with Crippen LogP contribution in [-0.2, 0) is 24.2 Å². The fourth-order valence-corrected chi connectivity index (χ4v) is 3.42. The highest BCUT2D eigenvalue weighted by molar-refractivity contribution is 6.07. The van der Waals surface area contributed by atoms with Crippen molar-refractivity contribution in [3.05, 3.63) is 70.6 Å². The Hall–Kier alpha value is -2.26. The van der Waals surface area contributed by atoms with E-state index in [-0.39, 0.29) is 5.78 Å². The molecule has 2 aromatic rings. The number of aromatic nitrogens is 1. The van der Waals surface area contributed by atoms with Gasteiger partial charge in [0.2, 0.25) is 0 Å². The van der Waals surface area contributed by atoms with Crippen LogP contribution in [0.15, 0.2) is 42.6 Å². The molecule has 4 rings (SSSR count). The van der Waals surface area contributed by atoms with Crippen molar-refractivity contribution in [3.8, 4) is 0 Å². The number of hydrogen-bond donors (Lipinski definition) is 0. The molecule has 0 aliphatic heterocycles. The maximum atomic E-state index is 12.9. The van der Waals surface area contributed by atoms with Gasteiger partial charge in [0.15, 0.2) is 5.78 Å². The van der Waals surface area contributed by atoms with Crippen LogP contribution in [0, 0.1) is 0 Å². The summed E-state index contributed by atoms with van der Waals surface area (Å²) in [5, 5.41) is 0. The predicted molar refractivity (Wildman–Crippen MR) is 89.3 cm³/mol. The van der Waals surface area contributed by atoms with Gasteiger partial charge in [-0.05, 0) is 54.5 Å². The molecule has 0 saturated carbocycles. The Morgan fingerprint density at radius 3 is 2.83 bits per heavy atom. The monoisotopic (exact) mass is 305 g/mol. The summed E-state index contributed by atoms with van der Waals surface area (Å²) in [4.78, 5) is 17.4. The molecule has 1 heterocycles. The molecule has 116 valence electrons. The number of ketones is 1. The van der Waals surface area contributed by atoms with Crippen LogP contribution in [0.1, 0.15) is 45.6 Å². The molecule has 1 aromatic carbocycles. The van der Waals surface area contributed by atoms with Gasteiger partial charge in [0.05, 0.1) is 12.3 Å². The summed E-state index contributed by atoms with van der Waals surface area (Å²) in [6.07, 6.45) is 9.54. The number of benzene rings is 1. The largest absolute Gasteiger partial charge is 0.361 e. The van der Waals surface area contributed by atoms with Gasteiger partial charge in [-0.3, -0.25) is 9.78 Å². The Morgan fingerprint density at radius 1 is 1.13 bits per heavy atom. The summed E-state index contributed by atoms with van der Waals surface area (Å²) in [7, 11) is 0. The van der Waals surface area contributed by atoms with E-state index in [0.717, 1.165) is 36.1 Å². The number of aryl methyl sites for hydroxylation is 1. The van der Waals surface area contributed by atoms with Crippen molar-refractivity contribution in [1.29, 1.82) is 0 Å². The summed E-state index contributed by atoms with van der Waals surface area (Å²) < 4.78 is 5.87. The second-order valence-corrected chi connectivity index (χ2v) is 6.17. The quantitative estimate of drug-likeness (QED) is 0.867. The summed E-state index contributed by atoms with van der Waals surface area (Å²) in [6, 6.07) is 9.95. The van der Waals surface area contributed by atoms with E-state index < -0.39 is 6.10 Å². The SMILES string of the molecule is O=C1c2c(ncc3c2CCCC3)C=CC1OCc1ccccc1. The van der Waals surface area contributed by atoms with E-state index in [4.69, 9.17) is 4.74 Å². The van der Waals surface area contributed by atoms with E-state index in [2.05, 4.69) is 4.98 Å². The van der Waals surface area contributed by atoms with Crippen LogP contribution < -0.4 is 0 Å². The molecule has 0 spiro atoms. The molecule has 0 fully saturated rings. The maximum absolute atomic E-state index is 12.9. The van der Waals surface area contributed by atoms with Crippen molar-refractivity contribution in [2.45, 2.75) is 38.4 Å². The molecule has 1 unspecified atom stereocenters. The summed E-state index contributed by atoms with van der Waals surface area (Å²) in [6.45, 7) is 0.444. The van der Waals surface area contributed by atoms with Gasteiger partial charge in [-0.25, -0.2) is 0 Å². The number of hydrogen-bond acceptors (Lipinski definition) is 3. The number of carbonyl (C=O) groups excluding carboxylic acids is 1. The molecule has 0 amide bonds. The molecule has 2 aliphatic carbocycles. The Labute approximate surface area is 136 Å². The predicted octanol–water partition coefficient (Wildman–Crippen LogP) is 3.76. The first kappa shape index (κ1) is 14.3. The van der Waals surface area contributed by atoms with Gasteiger partial charge >= 0.3 is 0 Å². The van der Waals surface area contributed by atoms with Gasteiger partial charge < -0.3 is 4.74 Å². The summed E-state index contributed by atoms with van der Waals surface area (Å²) >= 11 is 0. The highest BCUT2D eigenvalue weighted by Crippen LogP contribution is 2.30. The van der Waals surface area contributed by atoms with E-state index in [1.165, 1.54) is 17.5 Å². The van der Waals surface area contributed by atoms with Crippen LogP contribution in [0.3, 0.4) is 0 Å². The van der Waals surface area contributed by atoms with E-state index in [1.54, 1.807) is 0 Å². The zero-order valence-electron chi connectivity index (χ0n) is 13.0. The standard InChI is InChI=1S/C20H19NO2/c22-20-18(23-13-14-6-2-1-3-7-14)11-10-17-19(20)16-9-5-4-8-15(16)12-21-17/h1-3,6-7,10-12,18H,4-5,8-9,13H2. The van der Waals surface area contributed by atoms with Gasteiger partial charge in [-0.15, -0.1) is 0 Å². The number of carbonyl (C=O) groups is 1. The Balaban J connectivity index is 1.59. The lowest BCUT2D eigenvalue weighted by molar-refractivity contribution is 0.0507. The Morgan fingerprint density at radius 2 is 1.96 bits per heavy atom. The molecule has 0 saturated heterocycles. The van der Waals surface area contributed by atoms with Gasteiger partial charge in [-0.2, -0.15) is 0 Å². The lowest BCUT2D eigenvalue weighted by atomic mass is 9.84. The van der Waals surface area contributed by atoms with E-state index in [0.29, 0.717) is 6.61 Å². The third-order valence-corrected chi connectivity index (χ3v) is 4.63. The molecule has 3 heteroatoms. The molecule has 0 N–H and O–H groups in total. The average molecular weight is 305 g/mol. The van der Waals surface area contributed by atoms with Crippen molar-refractivity contribution in [2.24, 2.45) is 0 Å². The third-order valence-electron chi connectivity index (χ3n) is 4.63. The van der Waals surface area contributed by atoms with E-state index in [9.17, 15) is 4.79 Å². The van der Waals surface area contributed by atoms with Crippen LogP contribution in [0.4, 0.5) is 0 Å². The average Bonchev–Trinajstić information content (AvgIpc) is 2.61. The smallest absolute Gasteiger partial charge is 0.197 e. The highest BCUT2D eigenvalue weighted by Gasteiger charge is 2.29. The Bertz CT molecular complexity index is 765. The molecule has 3 nitrogen and oxygen atoms in total. The lowest BCUT2D eigenvalue weighted by Gasteiger charge is -2.24. The number of rotatable bonds is 3. The molecule has 1 aromatic heterocycles. The van der Waals surface area contributed by atoms with Gasteiger partial charge in [-0.1, -0.05) is 30.3 Å². The zero-order valence-corrected chi connectivity index (χ0v) is 13.0. The summed E-state index contributed by atoms with van der Waals surface area (Å²) in [5.74, 6) is 0.0599. The molecule has 23 heavy (non-hydrogen) atoms.